The van der Waals surface area contributed by atoms with Gasteiger partial charge in [0.2, 0.25) is 5.91 Å². The third-order valence-corrected chi connectivity index (χ3v) is 2.74. The largest absolute Gasteiger partial charge is 0.375 e. The van der Waals surface area contributed by atoms with Crippen LogP contribution in [0, 0.1) is 0 Å². The van der Waals surface area contributed by atoms with Crippen molar-refractivity contribution in [2.75, 3.05) is 19.8 Å². The number of hydrogen-bond acceptors (Lipinski definition) is 3. The van der Waals surface area contributed by atoms with E-state index in [1.165, 1.54) is 0 Å². The molecule has 0 spiro atoms. The first kappa shape index (κ1) is 14.3. The van der Waals surface area contributed by atoms with E-state index in [2.05, 4.69) is 22.3 Å². The summed E-state index contributed by atoms with van der Waals surface area (Å²) in [5.41, 5.74) is 0. The van der Waals surface area contributed by atoms with Gasteiger partial charge in [0.25, 0.3) is 6.43 Å². The average Bonchev–Trinajstić information content (AvgIpc) is 2.27. The molecule has 2 N–H and O–H groups in total. The van der Waals surface area contributed by atoms with Gasteiger partial charge in [-0.2, -0.15) is 0 Å². The number of carbonyl (C=O) groups excluding carboxylic acids is 1. The first-order valence-electron chi connectivity index (χ1n) is 5.96. The van der Waals surface area contributed by atoms with Crippen LogP contribution in [0.25, 0.3) is 0 Å². The molecule has 0 aromatic rings. The maximum Gasteiger partial charge on any atom is 0.261 e. The van der Waals surface area contributed by atoms with Crippen molar-refractivity contribution < 1.29 is 18.3 Å². The molecule has 0 bridgehead atoms. The third-order valence-electron chi connectivity index (χ3n) is 2.74. The number of ether oxygens (including phenoxy) is 1. The van der Waals surface area contributed by atoms with Crippen LogP contribution in [-0.4, -0.2) is 44.2 Å². The molecule has 1 amide bonds. The SMILES string of the molecule is CC1CCC(NC(=O)CCOCC(F)F)CN1. The molecule has 1 aliphatic rings. The molecule has 1 fully saturated rings. The van der Waals surface area contributed by atoms with Crippen LogP contribution in [0.1, 0.15) is 26.2 Å². The van der Waals surface area contributed by atoms with Crippen LogP contribution in [-0.2, 0) is 9.53 Å². The second kappa shape index (κ2) is 7.55. The predicted octanol–water partition coefficient (Wildman–Crippen LogP) is 0.915. The molecular formula is C11H20F2N2O2. The standard InChI is InChI=1S/C11H20F2N2O2/c1-8-2-3-9(6-14-8)15-11(16)4-5-17-7-10(12)13/h8-10,14H,2-7H2,1H3,(H,15,16). The maximum absolute atomic E-state index is 11.7. The van der Waals surface area contributed by atoms with E-state index in [4.69, 9.17) is 0 Å². The lowest BCUT2D eigenvalue weighted by Gasteiger charge is -2.28. The highest BCUT2D eigenvalue weighted by atomic mass is 19.3. The zero-order valence-corrected chi connectivity index (χ0v) is 10.0. The van der Waals surface area contributed by atoms with E-state index in [1.54, 1.807) is 0 Å². The van der Waals surface area contributed by atoms with Crippen LogP contribution in [0.5, 0.6) is 0 Å². The summed E-state index contributed by atoms with van der Waals surface area (Å²) in [6.45, 7) is 2.32. The quantitative estimate of drug-likeness (QED) is 0.689. The van der Waals surface area contributed by atoms with Crippen molar-refractivity contribution in [1.82, 2.24) is 10.6 Å². The molecule has 1 rings (SSSR count). The summed E-state index contributed by atoms with van der Waals surface area (Å²) in [5, 5.41) is 6.13. The molecule has 1 heterocycles. The molecule has 0 radical (unpaired) electrons. The van der Waals surface area contributed by atoms with Gasteiger partial charge in [-0.05, 0) is 19.8 Å². The summed E-state index contributed by atoms with van der Waals surface area (Å²) >= 11 is 0. The molecule has 1 aliphatic heterocycles. The van der Waals surface area contributed by atoms with Crippen LogP contribution in [0.3, 0.4) is 0 Å². The van der Waals surface area contributed by atoms with E-state index in [9.17, 15) is 13.6 Å². The lowest BCUT2D eigenvalue weighted by atomic mass is 10.0. The lowest BCUT2D eigenvalue weighted by Crippen LogP contribution is -2.48. The molecule has 4 nitrogen and oxygen atoms in total. The average molecular weight is 250 g/mol. The van der Waals surface area contributed by atoms with Gasteiger partial charge in [-0.25, -0.2) is 8.78 Å². The van der Waals surface area contributed by atoms with Crippen LogP contribution >= 0.6 is 0 Å². The van der Waals surface area contributed by atoms with Crippen LogP contribution < -0.4 is 10.6 Å². The Labute approximate surface area is 100 Å². The van der Waals surface area contributed by atoms with Crippen LogP contribution in [0.2, 0.25) is 0 Å². The molecule has 17 heavy (non-hydrogen) atoms. The minimum absolute atomic E-state index is 0.0483. The fourth-order valence-electron chi connectivity index (χ4n) is 1.76. The summed E-state index contributed by atoms with van der Waals surface area (Å²) < 4.78 is 28.1. The fourth-order valence-corrected chi connectivity index (χ4v) is 1.76. The Morgan fingerprint density at radius 2 is 2.29 bits per heavy atom. The highest BCUT2D eigenvalue weighted by Gasteiger charge is 2.18. The van der Waals surface area contributed by atoms with Gasteiger partial charge in [0.05, 0.1) is 6.61 Å². The predicted molar refractivity (Wildman–Crippen MR) is 60.1 cm³/mol. The minimum Gasteiger partial charge on any atom is -0.375 e. The van der Waals surface area contributed by atoms with E-state index >= 15 is 0 Å². The van der Waals surface area contributed by atoms with Crippen molar-refractivity contribution in [3.63, 3.8) is 0 Å². The Morgan fingerprint density at radius 3 is 2.88 bits per heavy atom. The number of nitrogens with one attached hydrogen (secondary N) is 2. The van der Waals surface area contributed by atoms with E-state index in [1.807, 2.05) is 0 Å². The molecule has 0 aromatic heterocycles. The van der Waals surface area contributed by atoms with Crippen molar-refractivity contribution in [2.24, 2.45) is 0 Å². The summed E-state index contributed by atoms with van der Waals surface area (Å²) in [6, 6.07) is 0.645. The molecule has 0 saturated carbocycles. The summed E-state index contributed by atoms with van der Waals surface area (Å²) in [7, 11) is 0. The first-order chi connectivity index (χ1) is 8.08. The van der Waals surface area contributed by atoms with E-state index in [0.717, 1.165) is 19.4 Å². The van der Waals surface area contributed by atoms with Gasteiger partial charge in [0.1, 0.15) is 6.61 Å². The van der Waals surface area contributed by atoms with Crippen molar-refractivity contribution >= 4 is 5.91 Å². The molecule has 2 unspecified atom stereocenters. The van der Waals surface area contributed by atoms with Gasteiger partial charge in [0.15, 0.2) is 0 Å². The Kier molecular flexibility index (Phi) is 6.36. The number of amides is 1. The monoisotopic (exact) mass is 250 g/mol. The summed E-state index contributed by atoms with van der Waals surface area (Å²) in [6.07, 6.45) is -0.342. The number of rotatable bonds is 6. The van der Waals surface area contributed by atoms with Gasteiger partial charge < -0.3 is 15.4 Å². The highest BCUT2D eigenvalue weighted by molar-refractivity contribution is 5.76. The number of piperidine rings is 1. The molecule has 100 valence electrons. The van der Waals surface area contributed by atoms with E-state index < -0.39 is 13.0 Å². The Hall–Kier alpha value is -0.750. The van der Waals surface area contributed by atoms with Gasteiger partial charge in [-0.1, -0.05) is 0 Å². The highest BCUT2D eigenvalue weighted by Crippen LogP contribution is 2.07. The number of halogens is 2. The third kappa shape index (κ3) is 6.53. The maximum atomic E-state index is 11.7. The number of hydrogen-bond donors (Lipinski definition) is 2. The molecule has 0 aliphatic carbocycles. The Morgan fingerprint density at radius 1 is 1.53 bits per heavy atom. The van der Waals surface area contributed by atoms with Crippen molar-refractivity contribution in [2.45, 2.75) is 44.7 Å². The lowest BCUT2D eigenvalue weighted by molar-refractivity contribution is -0.123. The second-order valence-electron chi connectivity index (χ2n) is 4.37. The second-order valence-corrected chi connectivity index (χ2v) is 4.37. The van der Waals surface area contributed by atoms with Crippen LogP contribution in [0.4, 0.5) is 8.78 Å². The summed E-state index contributed by atoms with van der Waals surface area (Å²) in [4.78, 5) is 11.4. The molecule has 6 heteroatoms. The van der Waals surface area contributed by atoms with Gasteiger partial charge in [0, 0.05) is 25.0 Å². The zero-order chi connectivity index (χ0) is 12.7. The normalized spacial score (nSPS) is 24.9. The van der Waals surface area contributed by atoms with E-state index in [-0.39, 0.29) is 25.0 Å². The van der Waals surface area contributed by atoms with Gasteiger partial charge in [-0.15, -0.1) is 0 Å². The summed E-state index contributed by atoms with van der Waals surface area (Å²) in [5.74, 6) is -0.138. The topological polar surface area (TPSA) is 50.4 Å². The number of carbonyl (C=O) groups is 1. The van der Waals surface area contributed by atoms with Crippen molar-refractivity contribution in [3.8, 4) is 0 Å². The molecular weight excluding hydrogens is 230 g/mol. The zero-order valence-electron chi connectivity index (χ0n) is 10.0. The Balaban J connectivity index is 2.04. The van der Waals surface area contributed by atoms with Crippen molar-refractivity contribution in [3.05, 3.63) is 0 Å². The van der Waals surface area contributed by atoms with Gasteiger partial charge >= 0.3 is 0 Å². The molecule has 2 atom stereocenters. The molecule has 1 saturated heterocycles. The van der Waals surface area contributed by atoms with Crippen molar-refractivity contribution in [1.29, 1.82) is 0 Å². The minimum atomic E-state index is -2.47. The number of alkyl halides is 2. The molecule has 0 aromatic carbocycles. The van der Waals surface area contributed by atoms with Crippen LogP contribution in [0.15, 0.2) is 0 Å². The smallest absolute Gasteiger partial charge is 0.261 e. The fraction of sp³-hybridized carbons (Fsp3) is 0.909. The van der Waals surface area contributed by atoms with Gasteiger partial charge in [-0.3, -0.25) is 4.79 Å². The first-order valence-corrected chi connectivity index (χ1v) is 5.96. The van der Waals surface area contributed by atoms with E-state index in [0.29, 0.717) is 6.04 Å². The Bertz CT molecular complexity index is 232.